The van der Waals surface area contributed by atoms with Crippen molar-refractivity contribution in [2.75, 3.05) is 13.7 Å². The Balaban J connectivity index is 3.10. The van der Waals surface area contributed by atoms with Crippen LogP contribution < -0.4 is 5.32 Å². The van der Waals surface area contributed by atoms with E-state index in [-0.39, 0.29) is 12.1 Å². The highest BCUT2D eigenvalue weighted by Crippen LogP contribution is 2.27. The van der Waals surface area contributed by atoms with Crippen LogP contribution in [0.2, 0.25) is 0 Å². The number of hydrogen-bond acceptors (Lipinski definition) is 3. The standard InChI is InChI=1S/C15H16FNO3/c1-4-7-13(18)17-10-15(2,14(19)20-3)11-8-5-6-9-12(11)16/h5-6,8-9H,10H2,1-3H3,(H,17,18). The minimum absolute atomic E-state index is 0.103. The quantitative estimate of drug-likeness (QED) is 0.668. The largest absolute Gasteiger partial charge is 0.468 e. The van der Waals surface area contributed by atoms with Crippen LogP contribution in [0.3, 0.4) is 0 Å². The van der Waals surface area contributed by atoms with Gasteiger partial charge in [-0.2, -0.15) is 0 Å². The lowest BCUT2D eigenvalue weighted by atomic mass is 9.82. The van der Waals surface area contributed by atoms with Gasteiger partial charge in [-0.15, -0.1) is 0 Å². The zero-order chi connectivity index (χ0) is 15.2. The molecule has 0 spiro atoms. The van der Waals surface area contributed by atoms with Crippen LogP contribution in [0.4, 0.5) is 4.39 Å². The van der Waals surface area contributed by atoms with E-state index in [1.807, 2.05) is 0 Å². The average molecular weight is 277 g/mol. The van der Waals surface area contributed by atoms with Crippen LogP contribution in [0.25, 0.3) is 0 Å². The first-order chi connectivity index (χ1) is 9.45. The van der Waals surface area contributed by atoms with Crippen LogP contribution in [-0.4, -0.2) is 25.5 Å². The van der Waals surface area contributed by atoms with Crippen molar-refractivity contribution >= 4 is 11.9 Å². The van der Waals surface area contributed by atoms with E-state index in [9.17, 15) is 14.0 Å². The van der Waals surface area contributed by atoms with Gasteiger partial charge in [0.1, 0.15) is 11.2 Å². The molecule has 0 saturated heterocycles. The van der Waals surface area contributed by atoms with Crippen LogP contribution in [0.1, 0.15) is 19.4 Å². The lowest BCUT2D eigenvalue weighted by molar-refractivity contribution is -0.147. The van der Waals surface area contributed by atoms with E-state index in [4.69, 9.17) is 4.74 Å². The maximum Gasteiger partial charge on any atom is 0.317 e. The van der Waals surface area contributed by atoms with Crippen molar-refractivity contribution in [1.29, 1.82) is 0 Å². The van der Waals surface area contributed by atoms with E-state index in [0.29, 0.717) is 0 Å². The number of esters is 1. The zero-order valence-electron chi connectivity index (χ0n) is 11.6. The summed E-state index contributed by atoms with van der Waals surface area (Å²) in [5.41, 5.74) is -1.15. The van der Waals surface area contributed by atoms with Gasteiger partial charge in [0.2, 0.25) is 0 Å². The molecule has 20 heavy (non-hydrogen) atoms. The summed E-state index contributed by atoms with van der Waals surface area (Å²) in [6.45, 7) is 2.93. The molecule has 0 bridgehead atoms. The number of benzene rings is 1. The summed E-state index contributed by atoms with van der Waals surface area (Å²) in [6, 6.07) is 5.89. The molecule has 1 N–H and O–H groups in total. The Labute approximate surface area is 117 Å². The van der Waals surface area contributed by atoms with Crippen LogP contribution in [-0.2, 0) is 19.7 Å². The molecular formula is C15H16FNO3. The lowest BCUT2D eigenvalue weighted by Gasteiger charge is -2.27. The second-order valence-corrected chi connectivity index (χ2v) is 4.36. The molecule has 0 aliphatic heterocycles. The third-order valence-electron chi connectivity index (χ3n) is 2.95. The summed E-state index contributed by atoms with van der Waals surface area (Å²) in [7, 11) is 1.22. The summed E-state index contributed by atoms with van der Waals surface area (Å²) >= 11 is 0. The van der Waals surface area contributed by atoms with Crippen molar-refractivity contribution in [3.63, 3.8) is 0 Å². The average Bonchev–Trinajstić information content (AvgIpc) is 2.44. The van der Waals surface area contributed by atoms with E-state index in [1.54, 1.807) is 6.07 Å². The fraction of sp³-hybridized carbons (Fsp3) is 0.333. The molecule has 106 valence electrons. The second kappa shape index (κ2) is 6.71. The van der Waals surface area contributed by atoms with E-state index in [2.05, 4.69) is 17.2 Å². The minimum Gasteiger partial charge on any atom is -0.468 e. The second-order valence-electron chi connectivity index (χ2n) is 4.36. The van der Waals surface area contributed by atoms with E-state index < -0.39 is 23.1 Å². The molecule has 0 fully saturated rings. The first kappa shape index (κ1) is 15.7. The van der Waals surface area contributed by atoms with Gasteiger partial charge in [-0.1, -0.05) is 24.1 Å². The normalized spacial score (nSPS) is 12.6. The van der Waals surface area contributed by atoms with Crippen LogP contribution in [0.15, 0.2) is 24.3 Å². The van der Waals surface area contributed by atoms with Gasteiger partial charge < -0.3 is 10.1 Å². The third-order valence-corrected chi connectivity index (χ3v) is 2.95. The number of nitrogens with one attached hydrogen (secondary N) is 1. The highest BCUT2D eigenvalue weighted by atomic mass is 19.1. The molecule has 0 aromatic heterocycles. The summed E-state index contributed by atoms with van der Waals surface area (Å²) in [5.74, 6) is 3.05. The molecule has 0 saturated carbocycles. The smallest absolute Gasteiger partial charge is 0.317 e. The van der Waals surface area contributed by atoms with Gasteiger partial charge in [0.15, 0.2) is 0 Å². The van der Waals surface area contributed by atoms with E-state index in [0.717, 1.165) is 0 Å². The predicted octanol–water partition coefficient (Wildman–Crippen LogP) is 1.40. The van der Waals surface area contributed by atoms with Crippen molar-refractivity contribution in [3.8, 4) is 11.8 Å². The van der Waals surface area contributed by atoms with Crippen molar-refractivity contribution in [3.05, 3.63) is 35.6 Å². The zero-order valence-corrected chi connectivity index (χ0v) is 11.6. The summed E-state index contributed by atoms with van der Waals surface area (Å²) in [6.07, 6.45) is 0. The number of halogens is 1. The van der Waals surface area contributed by atoms with Gasteiger partial charge in [-0.25, -0.2) is 4.39 Å². The molecule has 0 radical (unpaired) electrons. The molecule has 4 nitrogen and oxygen atoms in total. The van der Waals surface area contributed by atoms with Gasteiger partial charge >= 0.3 is 5.97 Å². The van der Waals surface area contributed by atoms with Gasteiger partial charge in [0.05, 0.1) is 7.11 Å². The predicted molar refractivity (Wildman–Crippen MR) is 72.2 cm³/mol. The highest BCUT2D eigenvalue weighted by Gasteiger charge is 2.38. The number of hydrogen-bond donors (Lipinski definition) is 1. The first-order valence-electron chi connectivity index (χ1n) is 5.99. The van der Waals surface area contributed by atoms with Crippen molar-refractivity contribution in [2.24, 2.45) is 0 Å². The SMILES string of the molecule is CC#CC(=O)NCC(C)(C(=O)OC)c1ccccc1F. The number of carbonyl (C=O) groups is 2. The van der Waals surface area contributed by atoms with Gasteiger partial charge in [-0.3, -0.25) is 9.59 Å². The first-order valence-corrected chi connectivity index (χ1v) is 5.99. The monoisotopic (exact) mass is 277 g/mol. The molecule has 1 rings (SSSR count). The van der Waals surface area contributed by atoms with Crippen molar-refractivity contribution in [1.82, 2.24) is 5.32 Å². The molecule has 1 aromatic carbocycles. The van der Waals surface area contributed by atoms with Crippen LogP contribution in [0, 0.1) is 17.7 Å². The molecule has 0 aliphatic rings. The molecule has 1 aromatic rings. The number of carbonyl (C=O) groups excluding carboxylic acids is 2. The summed E-state index contributed by atoms with van der Waals surface area (Å²) in [4.78, 5) is 23.4. The molecule has 0 aliphatic carbocycles. The number of ether oxygens (including phenoxy) is 1. The van der Waals surface area contributed by atoms with Crippen LogP contribution >= 0.6 is 0 Å². The van der Waals surface area contributed by atoms with Crippen molar-refractivity contribution < 1.29 is 18.7 Å². The number of methoxy groups -OCH3 is 1. The maximum absolute atomic E-state index is 13.9. The maximum atomic E-state index is 13.9. The third kappa shape index (κ3) is 3.35. The summed E-state index contributed by atoms with van der Waals surface area (Å²) < 4.78 is 18.6. The van der Waals surface area contributed by atoms with Gasteiger partial charge in [0, 0.05) is 12.1 Å². The fourth-order valence-corrected chi connectivity index (χ4v) is 1.83. The Morgan fingerprint density at radius 1 is 1.40 bits per heavy atom. The highest BCUT2D eigenvalue weighted by molar-refractivity contribution is 5.94. The number of rotatable bonds is 4. The Bertz CT molecular complexity index is 574. The molecular weight excluding hydrogens is 261 g/mol. The summed E-state index contributed by atoms with van der Waals surface area (Å²) in [5, 5.41) is 2.49. The van der Waals surface area contributed by atoms with Gasteiger partial charge in [0.25, 0.3) is 5.91 Å². The Morgan fingerprint density at radius 3 is 2.60 bits per heavy atom. The molecule has 1 amide bonds. The Morgan fingerprint density at radius 2 is 2.05 bits per heavy atom. The van der Waals surface area contributed by atoms with E-state index in [1.165, 1.54) is 39.2 Å². The molecule has 5 heteroatoms. The van der Waals surface area contributed by atoms with Gasteiger partial charge in [-0.05, 0) is 25.8 Å². The molecule has 1 atom stereocenters. The lowest BCUT2D eigenvalue weighted by Crippen LogP contribution is -2.45. The number of amides is 1. The topological polar surface area (TPSA) is 55.4 Å². The minimum atomic E-state index is -1.31. The fourth-order valence-electron chi connectivity index (χ4n) is 1.83. The Kier molecular flexibility index (Phi) is 5.27. The van der Waals surface area contributed by atoms with Crippen LogP contribution in [0.5, 0.6) is 0 Å². The van der Waals surface area contributed by atoms with Crippen molar-refractivity contribution in [2.45, 2.75) is 19.3 Å². The Hall–Kier alpha value is -2.35. The molecule has 0 heterocycles. The molecule has 1 unspecified atom stereocenters. The van der Waals surface area contributed by atoms with E-state index >= 15 is 0 Å².